The monoisotopic (exact) mass is 599 g/mol. The summed E-state index contributed by atoms with van der Waals surface area (Å²) in [5.74, 6) is 0.887. The van der Waals surface area contributed by atoms with E-state index in [0.717, 1.165) is 12.1 Å². The van der Waals surface area contributed by atoms with Crippen molar-refractivity contribution in [3.63, 3.8) is 0 Å². The van der Waals surface area contributed by atoms with Crippen molar-refractivity contribution in [2.24, 2.45) is 0 Å². The molecule has 0 unspecified atom stereocenters. The number of imidazole rings is 1. The lowest BCUT2D eigenvalue weighted by Gasteiger charge is -2.14. The molecule has 0 saturated carbocycles. The maximum Gasteiger partial charge on any atom is 0.416 e. The van der Waals surface area contributed by atoms with E-state index < -0.39 is 17.6 Å². The Bertz CT molecular complexity index is 1860. The fourth-order valence-electron chi connectivity index (χ4n) is 4.31. The van der Waals surface area contributed by atoms with Gasteiger partial charge in [0.25, 0.3) is 5.19 Å². The first-order chi connectivity index (χ1) is 20.2. The molecule has 0 aliphatic rings. The number of hydrogen-bond acceptors (Lipinski definition) is 8. The van der Waals surface area contributed by atoms with Crippen LogP contribution in [0, 0.1) is 5.82 Å². The van der Waals surface area contributed by atoms with Crippen LogP contribution < -0.4 is 18.9 Å². The first-order valence-electron chi connectivity index (χ1n) is 12.4. The molecule has 0 spiro atoms. The third-order valence-corrected chi connectivity index (χ3v) is 7.21. The quantitative estimate of drug-likeness (QED) is 0.159. The van der Waals surface area contributed by atoms with Crippen LogP contribution in [0.1, 0.15) is 16.7 Å². The van der Waals surface area contributed by atoms with Crippen molar-refractivity contribution >= 4 is 27.3 Å². The molecule has 0 atom stereocenters. The maximum absolute atomic E-state index is 13.4. The molecule has 0 N–H and O–H groups in total. The van der Waals surface area contributed by atoms with E-state index in [1.165, 1.54) is 25.6 Å². The molecular weight excluding hydrogens is 578 g/mol. The van der Waals surface area contributed by atoms with Gasteiger partial charge in [-0.2, -0.15) is 13.2 Å². The van der Waals surface area contributed by atoms with Gasteiger partial charge in [0.1, 0.15) is 47.6 Å². The number of furan rings is 1. The minimum atomic E-state index is -4.70. The Morgan fingerprint density at radius 2 is 1.79 bits per heavy atom. The minimum Gasteiger partial charge on any atom is -0.496 e. The Kier molecular flexibility index (Phi) is 7.11. The fourth-order valence-corrected chi connectivity index (χ4v) is 5.01. The average Bonchev–Trinajstić information content (AvgIpc) is 3.68. The molecule has 216 valence electrons. The van der Waals surface area contributed by atoms with Crippen LogP contribution >= 0.6 is 11.3 Å². The predicted molar refractivity (Wildman–Crippen MR) is 146 cm³/mol. The number of halogens is 4. The number of alkyl halides is 3. The second-order valence-corrected chi connectivity index (χ2v) is 10.0. The molecule has 0 aliphatic carbocycles. The van der Waals surface area contributed by atoms with Gasteiger partial charge in [-0.1, -0.05) is 18.2 Å². The summed E-state index contributed by atoms with van der Waals surface area (Å²) in [5, 5.41) is 5.47. The molecule has 6 rings (SSSR count). The Labute approximate surface area is 239 Å². The standard InChI is InChI=1S/C29H21F4N3O5S/c1-37-20-10-24(21-12-26(41-25(21)11-20)23-13-36-27(34-23)42-28(35-36)38-2)40-14-16-4-3-5-19(8-16)39-15-17-6-7-18(30)9-22(17)29(31,32)33/h3-13H,14-15H2,1-2H3. The maximum atomic E-state index is 13.4. The molecule has 0 aliphatic heterocycles. The second kappa shape index (κ2) is 10.9. The molecule has 0 fully saturated rings. The highest BCUT2D eigenvalue weighted by atomic mass is 32.1. The Morgan fingerprint density at radius 1 is 0.929 bits per heavy atom. The van der Waals surface area contributed by atoms with Crippen LogP contribution in [-0.2, 0) is 19.4 Å². The summed E-state index contributed by atoms with van der Waals surface area (Å²) in [6, 6.07) is 14.6. The van der Waals surface area contributed by atoms with E-state index in [0.29, 0.717) is 61.5 Å². The zero-order valence-corrected chi connectivity index (χ0v) is 22.9. The van der Waals surface area contributed by atoms with Gasteiger partial charge in [-0.3, -0.25) is 0 Å². The molecular formula is C29H21F4N3O5S. The lowest BCUT2D eigenvalue weighted by Crippen LogP contribution is -2.11. The van der Waals surface area contributed by atoms with E-state index in [2.05, 4.69) is 10.1 Å². The number of hydrogen-bond donors (Lipinski definition) is 0. The van der Waals surface area contributed by atoms with E-state index in [4.69, 9.17) is 23.4 Å². The van der Waals surface area contributed by atoms with Crippen LogP contribution in [0.2, 0.25) is 0 Å². The van der Waals surface area contributed by atoms with Gasteiger partial charge in [-0.25, -0.2) is 13.9 Å². The minimum absolute atomic E-state index is 0.119. The summed E-state index contributed by atoms with van der Waals surface area (Å²) in [7, 11) is 3.07. The number of rotatable bonds is 9. The highest BCUT2D eigenvalue weighted by molar-refractivity contribution is 7.18. The molecule has 0 radical (unpaired) electrons. The molecule has 3 heterocycles. The topological polar surface area (TPSA) is 80.2 Å². The van der Waals surface area contributed by atoms with Crippen molar-refractivity contribution < 1.29 is 40.9 Å². The van der Waals surface area contributed by atoms with Gasteiger partial charge in [0.15, 0.2) is 5.76 Å². The summed E-state index contributed by atoms with van der Waals surface area (Å²) >= 11 is 1.30. The Hall–Kier alpha value is -4.78. The molecule has 13 heteroatoms. The fraction of sp³-hybridized carbons (Fsp3) is 0.172. The summed E-state index contributed by atoms with van der Waals surface area (Å²) < 4.78 is 83.4. The third kappa shape index (κ3) is 5.55. The zero-order valence-electron chi connectivity index (χ0n) is 22.1. The van der Waals surface area contributed by atoms with E-state index in [1.54, 1.807) is 47.1 Å². The van der Waals surface area contributed by atoms with Crippen LogP contribution in [0.5, 0.6) is 22.4 Å². The van der Waals surface area contributed by atoms with Crippen LogP contribution in [0.4, 0.5) is 17.6 Å². The Balaban J connectivity index is 1.21. The predicted octanol–water partition coefficient (Wildman–Crippen LogP) is 7.54. The van der Waals surface area contributed by atoms with Crippen molar-refractivity contribution in [3.05, 3.63) is 89.4 Å². The first-order valence-corrected chi connectivity index (χ1v) is 13.2. The number of fused-ring (bicyclic) bond motifs is 2. The van der Waals surface area contributed by atoms with E-state index in [9.17, 15) is 17.6 Å². The van der Waals surface area contributed by atoms with Gasteiger partial charge in [0.2, 0.25) is 4.96 Å². The molecule has 0 bridgehead atoms. The average molecular weight is 600 g/mol. The normalized spacial score (nSPS) is 11.8. The number of benzene rings is 3. The van der Waals surface area contributed by atoms with Crippen molar-refractivity contribution in [1.82, 2.24) is 14.6 Å². The van der Waals surface area contributed by atoms with E-state index >= 15 is 0 Å². The van der Waals surface area contributed by atoms with Gasteiger partial charge >= 0.3 is 6.18 Å². The van der Waals surface area contributed by atoms with E-state index in [1.807, 2.05) is 6.07 Å². The van der Waals surface area contributed by atoms with Gasteiger partial charge < -0.3 is 23.4 Å². The number of ether oxygens (including phenoxy) is 4. The largest absolute Gasteiger partial charge is 0.496 e. The summed E-state index contributed by atoms with van der Waals surface area (Å²) in [5.41, 5.74) is 0.564. The van der Waals surface area contributed by atoms with Gasteiger partial charge in [0.05, 0.1) is 31.4 Å². The number of aromatic nitrogens is 3. The van der Waals surface area contributed by atoms with Gasteiger partial charge in [0, 0.05) is 17.7 Å². The van der Waals surface area contributed by atoms with Crippen molar-refractivity contribution in [3.8, 4) is 33.9 Å². The van der Waals surface area contributed by atoms with Gasteiger partial charge in [-0.15, -0.1) is 5.10 Å². The third-order valence-electron chi connectivity index (χ3n) is 6.32. The molecule has 3 aromatic heterocycles. The highest BCUT2D eigenvalue weighted by Crippen LogP contribution is 2.38. The van der Waals surface area contributed by atoms with Crippen molar-refractivity contribution in [2.45, 2.75) is 19.4 Å². The zero-order chi connectivity index (χ0) is 29.4. The lowest BCUT2D eigenvalue weighted by molar-refractivity contribution is -0.138. The van der Waals surface area contributed by atoms with Crippen molar-refractivity contribution in [2.75, 3.05) is 14.2 Å². The SMILES string of the molecule is COc1cc(OCc2cccc(OCc3ccc(F)cc3C(F)(F)F)c2)c2cc(-c3cn4nc(OC)sc4n3)oc2c1. The molecule has 0 saturated heterocycles. The van der Waals surface area contributed by atoms with E-state index in [-0.39, 0.29) is 18.8 Å². The summed E-state index contributed by atoms with van der Waals surface area (Å²) in [4.78, 5) is 5.21. The molecule has 42 heavy (non-hydrogen) atoms. The molecule has 0 amide bonds. The highest BCUT2D eigenvalue weighted by Gasteiger charge is 2.34. The van der Waals surface area contributed by atoms with Crippen LogP contribution in [-0.4, -0.2) is 28.8 Å². The van der Waals surface area contributed by atoms with Crippen LogP contribution in [0.3, 0.4) is 0 Å². The molecule has 8 nitrogen and oxygen atoms in total. The smallest absolute Gasteiger partial charge is 0.416 e. The van der Waals surface area contributed by atoms with Crippen LogP contribution in [0.25, 0.3) is 27.4 Å². The first kappa shape index (κ1) is 27.4. The Morgan fingerprint density at radius 3 is 2.55 bits per heavy atom. The number of methoxy groups -OCH3 is 2. The van der Waals surface area contributed by atoms with Gasteiger partial charge in [-0.05, 0) is 47.2 Å². The summed E-state index contributed by atoms with van der Waals surface area (Å²) in [6.45, 7) is -0.268. The lowest BCUT2D eigenvalue weighted by atomic mass is 10.1. The number of nitrogens with zero attached hydrogens (tertiary/aromatic N) is 3. The second-order valence-electron chi connectivity index (χ2n) is 9.10. The van der Waals surface area contributed by atoms with Crippen LogP contribution in [0.15, 0.2) is 71.3 Å². The molecule has 6 aromatic rings. The summed E-state index contributed by atoms with van der Waals surface area (Å²) in [6.07, 6.45) is -2.97. The van der Waals surface area contributed by atoms with Crippen molar-refractivity contribution in [1.29, 1.82) is 0 Å². The molecule has 3 aromatic carbocycles.